The number of nitrogens with zero attached hydrogens (tertiary/aromatic N) is 1. The normalized spacial score (nSPS) is 11.9. The maximum absolute atomic E-state index is 12.1. The number of anilines is 1. The molecule has 152 valence electrons. The number of halogens is 1. The highest BCUT2D eigenvalue weighted by Crippen LogP contribution is 2.23. The minimum atomic E-state index is -0.971. The van der Waals surface area contributed by atoms with Gasteiger partial charge < -0.3 is 15.8 Å². The molecule has 29 heavy (non-hydrogen) atoms. The van der Waals surface area contributed by atoms with Crippen molar-refractivity contribution < 1.29 is 8.95 Å². The summed E-state index contributed by atoms with van der Waals surface area (Å²) in [5.41, 5.74) is 7.79. The van der Waals surface area contributed by atoms with Crippen LogP contribution in [0.3, 0.4) is 0 Å². The predicted molar refractivity (Wildman–Crippen MR) is 132 cm³/mol. The number of nitrogens with two attached hydrogens (primary N) is 1. The van der Waals surface area contributed by atoms with Crippen LogP contribution in [0, 0.1) is 0 Å². The summed E-state index contributed by atoms with van der Waals surface area (Å²) in [6.45, 7) is 0.401. The topological polar surface area (TPSA) is 76.7 Å². The van der Waals surface area contributed by atoms with Gasteiger partial charge in [0.2, 0.25) is 0 Å². The summed E-state index contributed by atoms with van der Waals surface area (Å²) in [5, 5.41) is 3.04. The van der Waals surface area contributed by atoms with Crippen molar-refractivity contribution in [3.63, 3.8) is 0 Å². The minimum absolute atomic E-state index is 0. The highest BCUT2D eigenvalue weighted by Gasteiger charge is 2.03. The van der Waals surface area contributed by atoms with E-state index < -0.39 is 10.8 Å². The summed E-state index contributed by atoms with van der Waals surface area (Å²) < 4.78 is 17.9. The van der Waals surface area contributed by atoms with E-state index in [4.69, 9.17) is 10.5 Å². The molecule has 0 aliphatic carbocycles. The Morgan fingerprint density at radius 1 is 0.931 bits per heavy atom. The first-order valence-corrected chi connectivity index (χ1v) is 10.5. The van der Waals surface area contributed by atoms with Gasteiger partial charge in [-0.1, -0.05) is 54.6 Å². The molecule has 7 heteroatoms. The first-order valence-electron chi connectivity index (χ1n) is 8.98. The molecule has 0 aromatic heterocycles. The van der Waals surface area contributed by atoms with Crippen LogP contribution in [0.1, 0.15) is 5.56 Å². The van der Waals surface area contributed by atoms with Gasteiger partial charge >= 0.3 is 0 Å². The standard InChI is InChI=1S/C22H23N3O2S.HI/c23-22(24-14-15-28(26)17-18-8-3-1-4-9-18)25-19-10-7-13-21(16-19)27-20-11-5-2-6-12-20;/h1-13,16H,14-15,17H2,(H3,23,24,25);1H. The molecule has 0 aliphatic heterocycles. The quantitative estimate of drug-likeness (QED) is 0.254. The third-order valence-corrected chi connectivity index (χ3v) is 5.15. The van der Waals surface area contributed by atoms with Crippen LogP contribution < -0.4 is 15.8 Å². The third-order valence-electron chi connectivity index (χ3n) is 3.86. The second-order valence-corrected chi connectivity index (χ2v) is 7.69. The average Bonchev–Trinajstić information content (AvgIpc) is 2.70. The number of hydrogen-bond acceptors (Lipinski definition) is 3. The van der Waals surface area contributed by atoms with Crippen molar-refractivity contribution in [1.82, 2.24) is 0 Å². The Bertz CT molecular complexity index is 937. The molecule has 0 saturated heterocycles. The number of aliphatic imine (C=N–C) groups is 1. The molecule has 0 saturated carbocycles. The summed E-state index contributed by atoms with van der Waals surface area (Å²) in [6.07, 6.45) is 0. The molecule has 0 heterocycles. The van der Waals surface area contributed by atoms with Gasteiger partial charge in [-0.25, -0.2) is 0 Å². The zero-order chi connectivity index (χ0) is 19.6. The predicted octanol–water partition coefficient (Wildman–Crippen LogP) is 4.77. The van der Waals surface area contributed by atoms with Crippen LogP contribution in [0.25, 0.3) is 0 Å². The SMILES string of the molecule is I.NC(=NCCS(=O)Cc1ccccc1)Nc1cccc(Oc2ccccc2)c1. The van der Waals surface area contributed by atoms with Crippen LogP contribution in [0.5, 0.6) is 11.5 Å². The van der Waals surface area contributed by atoms with Gasteiger partial charge in [0.1, 0.15) is 11.5 Å². The molecule has 3 aromatic carbocycles. The van der Waals surface area contributed by atoms with E-state index in [2.05, 4.69) is 10.3 Å². The number of rotatable bonds is 8. The molecule has 1 atom stereocenters. The van der Waals surface area contributed by atoms with Crippen molar-refractivity contribution in [3.05, 3.63) is 90.5 Å². The van der Waals surface area contributed by atoms with Gasteiger partial charge in [0.05, 0.1) is 6.54 Å². The van der Waals surface area contributed by atoms with Gasteiger partial charge in [0.25, 0.3) is 0 Å². The second-order valence-electron chi connectivity index (χ2n) is 6.11. The Hall–Kier alpha value is -2.39. The van der Waals surface area contributed by atoms with Gasteiger partial charge in [0, 0.05) is 34.1 Å². The van der Waals surface area contributed by atoms with Crippen LogP contribution in [-0.2, 0) is 16.6 Å². The van der Waals surface area contributed by atoms with Crippen LogP contribution in [-0.4, -0.2) is 22.5 Å². The maximum atomic E-state index is 12.1. The van der Waals surface area contributed by atoms with Crippen molar-refractivity contribution in [2.45, 2.75) is 5.75 Å². The fourth-order valence-corrected chi connectivity index (χ4v) is 3.55. The number of ether oxygens (including phenoxy) is 1. The van der Waals surface area contributed by atoms with Crippen molar-refractivity contribution in [3.8, 4) is 11.5 Å². The molecule has 3 rings (SSSR count). The molecule has 0 bridgehead atoms. The van der Waals surface area contributed by atoms with Crippen molar-refractivity contribution >= 4 is 46.4 Å². The van der Waals surface area contributed by atoms with E-state index >= 15 is 0 Å². The number of nitrogens with one attached hydrogen (secondary N) is 1. The maximum Gasteiger partial charge on any atom is 0.193 e. The molecular weight excluding hydrogens is 497 g/mol. The largest absolute Gasteiger partial charge is 0.457 e. The molecule has 0 radical (unpaired) electrons. The minimum Gasteiger partial charge on any atom is -0.457 e. The molecule has 0 spiro atoms. The lowest BCUT2D eigenvalue weighted by molar-refractivity contribution is 0.483. The van der Waals surface area contributed by atoms with Gasteiger partial charge in [-0.15, -0.1) is 24.0 Å². The van der Waals surface area contributed by atoms with Gasteiger partial charge in [-0.05, 0) is 29.8 Å². The molecule has 1 unspecified atom stereocenters. The van der Waals surface area contributed by atoms with E-state index in [0.29, 0.717) is 23.8 Å². The molecule has 0 aliphatic rings. The number of benzene rings is 3. The van der Waals surface area contributed by atoms with Crippen molar-refractivity contribution in [2.24, 2.45) is 10.7 Å². The molecule has 3 N–H and O–H groups in total. The summed E-state index contributed by atoms with van der Waals surface area (Å²) in [6, 6.07) is 26.8. The number of hydrogen-bond donors (Lipinski definition) is 2. The number of guanidine groups is 1. The van der Waals surface area contributed by atoms with E-state index in [1.165, 1.54) is 0 Å². The summed E-state index contributed by atoms with van der Waals surface area (Å²) in [4.78, 5) is 4.26. The van der Waals surface area contributed by atoms with Crippen LogP contribution in [0.4, 0.5) is 5.69 Å². The molecule has 0 fully saturated rings. The Morgan fingerprint density at radius 3 is 2.31 bits per heavy atom. The molecule has 3 aromatic rings. The lowest BCUT2D eigenvalue weighted by Gasteiger charge is -2.09. The highest BCUT2D eigenvalue weighted by atomic mass is 127. The average molecular weight is 521 g/mol. The first kappa shape index (κ1) is 22.9. The lowest BCUT2D eigenvalue weighted by atomic mass is 10.2. The Balaban J connectivity index is 0.00000300. The van der Waals surface area contributed by atoms with Gasteiger partial charge in [-0.2, -0.15) is 0 Å². The van der Waals surface area contributed by atoms with E-state index in [-0.39, 0.29) is 29.9 Å². The fourth-order valence-electron chi connectivity index (χ4n) is 2.55. The molecular formula is C22H24IN3O2S. The first-order chi connectivity index (χ1) is 13.7. The van der Waals surface area contributed by atoms with E-state index in [1.54, 1.807) is 0 Å². The Kier molecular flexibility index (Phi) is 9.66. The van der Waals surface area contributed by atoms with Crippen LogP contribution in [0.2, 0.25) is 0 Å². The van der Waals surface area contributed by atoms with E-state index in [0.717, 1.165) is 17.0 Å². The van der Waals surface area contributed by atoms with Gasteiger partial charge in [-0.3, -0.25) is 9.20 Å². The van der Waals surface area contributed by atoms with Crippen LogP contribution >= 0.6 is 24.0 Å². The lowest BCUT2D eigenvalue weighted by Crippen LogP contribution is -2.23. The Morgan fingerprint density at radius 2 is 1.59 bits per heavy atom. The third kappa shape index (κ3) is 8.25. The zero-order valence-electron chi connectivity index (χ0n) is 15.9. The number of para-hydroxylation sites is 1. The zero-order valence-corrected chi connectivity index (χ0v) is 19.0. The Labute approximate surface area is 190 Å². The second kappa shape index (κ2) is 12.2. The van der Waals surface area contributed by atoms with Crippen molar-refractivity contribution in [2.75, 3.05) is 17.6 Å². The van der Waals surface area contributed by atoms with Gasteiger partial charge in [0.15, 0.2) is 5.96 Å². The highest BCUT2D eigenvalue weighted by molar-refractivity contribution is 14.0. The summed E-state index contributed by atoms with van der Waals surface area (Å²) >= 11 is 0. The summed E-state index contributed by atoms with van der Waals surface area (Å²) in [5.74, 6) is 2.75. The van der Waals surface area contributed by atoms with Crippen molar-refractivity contribution in [1.29, 1.82) is 0 Å². The van der Waals surface area contributed by atoms with Crippen LogP contribution in [0.15, 0.2) is 89.9 Å². The van der Waals surface area contributed by atoms with E-state index in [9.17, 15) is 4.21 Å². The molecule has 0 amide bonds. The van der Waals surface area contributed by atoms with E-state index in [1.807, 2.05) is 84.9 Å². The monoisotopic (exact) mass is 521 g/mol. The summed E-state index contributed by atoms with van der Waals surface area (Å²) in [7, 11) is -0.971. The molecule has 5 nitrogen and oxygen atoms in total. The smallest absolute Gasteiger partial charge is 0.193 e. The fraction of sp³-hybridized carbons (Fsp3) is 0.136.